The van der Waals surface area contributed by atoms with Crippen LogP contribution >= 0.6 is 0 Å². The second-order valence-corrected chi connectivity index (χ2v) is 5.53. The quantitative estimate of drug-likeness (QED) is 0.738. The van der Waals surface area contributed by atoms with Crippen molar-refractivity contribution in [2.45, 2.75) is 24.7 Å². The highest BCUT2D eigenvalue weighted by Gasteiger charge is 2.14. The van der Waals surface area contributed by atoms with Gasteiger partial charge in [-0.3, -0.25) is 0 Å². The summed E-state index contributed by atoms with van der Waals surface area (Å²) in [7, 11) is -3.20. The first-order valence-corrected chi connectivity index (χ1v) is 6.51. The first-order valence-electron chi connectivity index (χ1n) is 4.45. The molecule has 1 N–H and O–H groups in total. The first-order chi connectivity index (χ1) is 7.40. The minimum absolute atomic E-state index is 0.0379. The van der Waals surface area contributed by atoms with Crippen LogP contribution in [0.15, 0.2) is 4.52 Å². The molecule has 0 amide bonds. The Morgan fingerprint density at radius 3 is 2.88 bits per heavy atom. The highest BCUT2D eigenvalue weighted by atomic mass is 32.2. The normalized spacial score (nSPS) is 13.3. The lowest BCUT2D eigenvalue weighted by Gasteiger charge is -1.99. The zero-order valence-electron chi connectivity index (χ0n) is 8.62. The number of nitriles is 1. The highest BCUT2D eigenvalue weighted by molar-refractivity contribution is 7.89. The van der Waals surface area contributed by atoms with Crippen molar-refractivity contribution in [3.63, 3.8) is 0 Å². The summed E-state index contributed by atoms with van der Waals surface area (Å²) in [6, 6.07) is 1.80. The molecule has 0 saturated carbocycles. The molecule has 0 aliphatic rings. The maximum absolute atomic E-state index is 10.9. The van der Waals surface area contributed by atoms with Crippen LogP contribution in [0.1, 0.15) is 18.1 Å². The molecule has 1 aromatic heterocycles. The summed E-state index contributed by atoms with van der Waals surface area (Å²) < 4.78 is 26.6. The van der Waals surface area contributed by atoms with Gasteiger partial charge < -0.3 is 9.63 Å². The molecular weight excluding hydrogens is 234 g/mol. The molecule has 0 saturated heterocycles. The zero-order chi connectivity index (χ0) is 12.2. The molecular formula is C8H11N3O4S. The minimum Gasteiger partial charge on any atom is -0.392 e. The molecule has 0 radical (unpaired) electrons. The molecule has 1 unspecified atom stereocenters. The second kappa shape index (κ2) is 5.05. The molecule has 0 fully saturated rings. The number of nitrogens with zero attached hydrogens (tertiary/aromatic N) is 3. The van der Waals surface area contributed by atoms with Gasteiger partial charge in [0.25, 0.3) is 0 Å². The predicted octanol–water partition coefficient (Wildman–Crippen LogP) is -0.569. The van der Waals surface area contributed by atoms with E-state index in [9.17, 15) is 13.5 Å². The second-order valence-electron chi connectivity index (χ2n) is 3.39. The van der Waals surface area contributed by atoms with Gasteiger partial charge in [0.15, 0.2) is 15.7 Å². The SMILES string of the molecule is CS(=O)(=O)Cc1noc(CC(O)CC#N)n1. The van der Waals surface area contributed by atoms with E-state index in [1.165, 1.54) is 0 Å². The van der Waals surface area contributed by atoms with Crippen molar-refractivity contribution in [3.05, 3.63) is 11.7 Å². The molecule has 7 nitrogen and oxygen atoms in total. The van der Waals surface area contributed by atoms with Crippen LogP contribution < -0.4 is 0 Å². The van der Waals surface area contributed by atoms with E-state index >= 15 is 0 Å². The van der Waals surface area contributed by atoms with Gasteiger partial charge in [-0.15, -0.1) is 0 Å². The standard InChI is InChI=1S/C8H11N3O4S/c1-16(13,14)5-7-10-8(15-11-7)4-6(12)2-3-9/h6,12H,2,4-5H2,1H3. The third-order valence-corrected chi connectivity index (χ3v) is 2.42. The van der Waals surface area contributed by atoms with Gasteiger partial charge in [-0.25, -0.2) is 8.42 Å². The highest BCUT2D eigenvalue weighted by Crippen LogP contribution is 2.05. The molecule has 1 rings (SSSR count). The Morgan fingerprint density at radius 1 is 1.62 bits per heavy atom. The third-order valence-electron chi connectivity index (χ3n) is 1.64. The lowest BCUT2D eigenvalue weighted by atomic mass is 10.2. The van der Waals surface area contributed by atoms with Crippen LogP contribution in [-0.2, 0) is 22.0 Å². The molecule has 1 aromatic rings. The summed E-state index contributed by atoms with van der Waals surface area (Å²) in [6.45, 7) is 0. The van der Waals surface area contributed by atoms with Crippen LogP contribution in [0.25, 0.3) is 0 Å². The smallest absolute Gasteiger partial charge is 0.229 e. The van der Waals surface area contributed by atoms with Crippen molar-refractivity contribution in [3.8, 4) is 6.07 Å². The number of aliphatic hydroxyl groups is 1. The molecule has 8 heteroatoms. The fraction of sp³-hybridized carbons (Fsp3) is 0.625. The van der Waals surface area contributed by atoms with Crippen molar-refractivity contribution >= 4 is 9.84 Å². The lowest BCUT2D eigenvalue weighted by Crippen LogP contribution is -2.09. The summed E-state index contributed by atoms with van der Waals surface area (Å²) >= 11 is 0. The Bertz CT molecular complexity index is 488. The average molecular weight is 245 g/mol. The number of aliphatic hydroxyl groups excluding tert-OH is 1. The summed E-state index contributed by atoms with van der Waals surface area (Å²) in [5.41, 5.74) is 0. The largest absolute Gasteiger partial charge is 0.392 e. The summed E-state index contributed by atoms with van der Waals surface area (Å²) in [5, 5.41) is 21.0. The van der Waals surface area contributed by atoms with Crippen LogP contribution in [0.4, 0.5) is 0 Å². The van der Waals surface area contributed by atoms with Gasteiger partial charge in [0, 0.05) is 6.26 Å². The van der Waals surface area contributed by atoms with Crippen LogP contribution in [0.2, 0.25) is 0 Å². The molecule has 1 heterocycles. The van der Waals surface area contributed by atoms with E-state index in [2.05, 4.69) is 10.1 Å². The molecule has 0 bridgehead atoms. The first kappa shape index (κ1) is 12.6. The minimum atomic E-state index is -3.20. The Labute approximate surface area is 92.6 Å². The summed E-state index contributed by atoms with van der Waals surface area (Å²) in [5.74, 6) is -0.117. The van der Waals surface area contributed by atoms with Crippen molar-refractivity contribution in [2.24, 2.45) is 0 Å². The maximum atomic E-state index is 10.9. The lowest BCUT2D eigenvalue weighted by molar-refractivity contribution is 0.167. The Balaban J connectivity index is 2.62. The Kier molecular flexibility index (Phi) is 3.98. The summed E-state index contributed by atoms with van der Waals surface area (Å²) in [6.07, 6.45) is 0.193. The Morgan fingerprint density at radius 2 is 2.31 bits per heavy atom. The van der Waals surface area contributed by atoms with Crippen LogP contribution in [0.5, 0.6) is 0 Å². The monoisotopic (exact) mass is 245 g/mol. The number of sulfone groups is 1. The van der Waals surface area contributed by atoms with E-state index in [1.807, 2.05) is 0 Å². The number of rotatable bonds is 5. The van der Waals surface area contributed by atoms with E-state index in [0.717, 1.165) is 6.26 Å². The van der Waals surface area contributed by atoms with Gasteiger partial charge in [-0.05, 0) is 0 Å². The maximum Gasteiger partial charge on any atom is 0.229 e. The van der Waals surface area contributed by atoms with Crippen molar-refractivity contribution in [1.82, 2.24) is 10.1 Å². The van der Waals surface area contributed by atoms with Crippen LogP contribution in [0.3, 0.4) is 0 Å². The van der Waals surface area contributed by atoms with E-state index < -0.39 is 15.9 Å². The van der Waals surface area contributed by atoms with Gasteiger partial charge in [0.2, 0.25) is 5.89 Å². The van der Waals surface area contributed by atoms with Gasteiger partial charge in [0.1, 0.15) is 5.75 Å². The average Bonchev–Trinajstić information content (AvgIpc) is 2.49. The number of aromatic nitrogens is 2. The van der Waals surface area contributed by atoms with E-state index in [4.69, 9.17) is 9.78 Å². The molecule has 0 aromatic carbocycles. The van der Waals surface area contributed by atoms with Gasteiger partial charge in [0.05, 0.1) is 25.0 Å². The number of hydrogen-bond donors (Lipinski definition) is 1. The van der Waals surface area contributed by atoms with Gasteiger partial charge >= 0.3 is 0 Å². The zero-order valence-corrected chi connectivity index (χ0v) is 9.44. The van der Waals surface area contributed by atoms with Crippen molar-refractivity contribution in [1.29, 1.82) is 5.26 Å². The summed E-state index contributed by atoms with van der Waals surface area (Å²) in [4.78, 5) is 3.79. The van der Waals surface area contributed by atoms with E-state index in [-0.39, 0.29) is 30.3 Å². The van der Waals surface area contributed by atoms with E-state index in [0.29, 0.717) is 0 Å². The molecule has 0 aliphatic heterocycles. The molecule has 16 heavy (non-hydrogen) atoms. The van der Waals surface area contributed by atoms with Gasteiger partial charge in [-0.1, -0.05) is 5.16 Å². The van der Waals surface area contributed by atoms with Crippen molar-refractivity contribution < 1.29 is 18.0 Å². The molecule has 88 valence electrons. The van der Waals surface area contributed by atoms with E-state index in [1.54, 1.807) is 6.07 Å². The van der Waals surface area contributed by atoms with Crippen LogP contribution in [-0.4, -0.2) is 36.0 Å². The fourth-order valence-electron chi connectivity index (χ4n) is 1.05. The Hall–Kier alpha value is -1.46. The third kappa shape index (κ3) is 4.37. The van der Waals surface area contributed by atoms with Gasteiger partial charge in [-0.2, -0.15) is 10.2 Å². The van der Waals surface area contributed by atoms with Crippen molar-refractivity contribution in [2.75, 3.05) is 6.26 Å². The molecule has 0 spiro atoms. The molecule has 0 aliphatic carbocycles. The fourth-order valence-corrected chi connectivity index (χ4v) is 1.63. The number of hydrogen-bond acceptors (Lipinski definition) is 7. The predicted molar refractivity (Wildman–Crippen MR) is 52.8 cm³/mol. The molecule has 1 atom stereocenters. The van der Waals surface area contributed by atoms with Crippen LogP contribution in [0, 0.1) is 11.3 Å². The topological polar surface area (TPSA) is 117 Å².